The number of morpholine rings is 1. The van der Waals surface area contributed by atoms with Crippen LogP contribution in [0.1, 0.15) is 37.9 Å². The number of hydrogen-bond acceptors (Lipinski definition) is 4. The molecule has 8 heteroatoms. The third-order valence-electron chi connectivity index (χ3n) is 5.31. The van der Waals surface area contributed by atoms with Gasteiger partial charge in [0.2, 0.25) is 5.91 Å². The van der Waals surface area contributed by atoms with E-state index in [-0.39, 0.29) is 12.0 Å². The van der Waals surface area contributed by atoms with Crippen molar-refractivity contribution in [1.29, 1.82) is 0 Å². The zero-order chi connectivity index (χ0) is 19.2. The largest absolute Gasteiger partial charge is 0.370 e. The van der Waals surface area contributed by atoms with Crippen molar-refractivity contribution < 1.29 is 9.53 Å². The van der Waals surface area contributed by atoms with Crippen LogP contribution in [-0.4, -0.2) is 77.8 Å². The van der Waals surface area contributed by atoms with Gasteiger partial charge in [-0.2, -0.15) is 5.10 Å². The predicted octanol–water partition coefficient (Wildman–Crippen LogP) is 1.02. The van der Waals surface area contributed by atoms with E-state index in [0.29, 0.717) is 25.5 Å². The molecule has 1 amide bonds. The first-order valence-electron chi connectivity index (χ1n) is 9.90. The van der Waals surface area contributed by atoms with Crippen molar-refractivity contribution >= 4 is 11.9 Å². The normalized spacial score (nSPS) is 24.2. The summed E-state index contributed by atoms with van der Waals surface area (Å²) in [5.41, 5.74) is 1.08. The highest BCUT2D eigenvalue weighted by atomic mass is 16.5. The number of rotatable bonds is 4. The third-order valence-corrected chi connectivity index (χ3v) is 5.31. The minimum Gasteiger partial charge on any atom is -0.370 e. The van der Waals surface area contributed by atoms with E-state index >= 15 is 0 Å². The molecule has 2 atom stereocenters. The van der Waals surface area contributed by atoms with Gasteiger partial charge >= 0.3 is 0 Å². The third kappa shape index (κ3) is 5.22. The van der Waals surface area contributed by atoms with E-state index in [9.17, 15) is 4.79 Å². The fraction of sp³-hybridized carbons (Fsp3) is 0.737. The molecule has 2 saturated heterocycles. The van der Waals surface area contributed by atoms with Crippen molar-refractivity contribution in [2.45, 2.75) is 32.3 Å². The number of piperidine rings is 1. The van der Waals surface area contributed by atoms with Gasteiger partial charge in [-0.1, -0.05) is 6.92 Å². The summed E-state index contributed by atoms with van der Waals surface area (Å²) < 4.78 is 7.69. The first-order valence-corrected chi connectivity index (χ1v) is 9.90. The number of ether oxygens (including phenoxy) is 1. The average Bonchev–Trinajstić information content (AvgIpc) is 3.11. The van der Waals surface area contributed by atoms with Crippen LogP contribution in [-0.2, 0) is 16.6 Å². The number of nitrogens with one attached hydrogen (secondary N) is 1. The summed E-state index contributed by atoms with van der Waals surface area (Å²) in [6.45, 7) is 6.77. The molecule has 27 heavy (non-hydrogen) atoms. The lowest BCUT2D eigenvalue weighted by Gasteiger charge is -2.35. The average molecular weight is 377 g/mol. The predicted molar refractivity (Wildman–Crippen MR) is 104 cm³/mol. The van der Waals surface area contributed by atoms with Crippen LogP contribution < -0.4 is 5.32 Å². The smallest absolute Gasteiger partial charge is 0.224 e. The second-order valence-corrected chi connectivity index (χ2v) is 7.56. The zero-order valence-electron chi connectivity index (χ0n) is 16.7. The number of likely N-dealkylation sites (tertiary alicyclic amines) is 1. The van der Waals surface area contributed by atoms with Crippen molar-refractivity contribution in [3.8, 4) is 0 Å². The number of aromatic nitrogens is 2. The second-order valence-electron chi connectivity index (χ2n) is 7.56. The zero-order valence-corrected chi connectivity index (χ0v) is 16.7. The van der Waals surface area contributed by atoms with Crippen molar-refractivity contribution in [1.82, 2.24) is 24.9 Å². The van der Waals surface area contributed by atoms with Gasteiger partial charge in [-0.3, -0.25) is 14.5 Å². The monoisotopic (exact) mass is 376 g/mol. The molecule has 2 fully saturated rings. The van der Waals surface area contributed by atoms with Crippen molar-refractivity contribution in [3.05, 3.63) is 18.0 Å². The molecule has 1 aromatic rings. The molecule has 2 aliphatic rings. The molecule has 0 bridgehead atoms. The lowest BCUT2D eigenvalue weighted by atomic mass is 10.00. The molecule has 0 aliphatic carbocycles. The Balaban J connectivity index is 1.47. The van der Waals surface area contributed by atoms with Gasteiger partial charge in [-0.15, -0.1) is 0 Å². The molecule has 3 heterocycles. The lowest BCUT2D eigenvalue weighted by Crippen LogP contribution is -2.49. The highest BCUT2D eigenvalue weighted by Gasteiger charge is 2.25. The fourth-order valence-electron chi connectivity index (χ4n) is 3.84. The SMILES string of the molecule is CN=C(NCCC(=O)N1CCCC(C)C1)N1CCOC(c2cnn(C)c2)C1. The summed E-state index contributed by atoms with van der Waals surface area (Å²) in [6.07, 6.45) is 6.67. The van der Waals surface area contributed by atoms with Crippen LogP contribution in [0.4, 0.5) is 0 Å². The lowest BCUT2D eigenvalue weighted by molar-refractivity contribution is -0.132. The Kier molecular flexibility index (Phi) is 6.71. The summed E-state index contributed by atoms with van der Waals surface area (Å²) in [5, 5.41) is 7.58. The Hall–Kier alpha value is -2.09. The maximum Gasteiger partial charge on any atom is 0.224 e. The molecule has 2 unspecified atom stereocenters. The van der Waals surface area contributed by atoms with Crippen molar-refractivity contribution in [2.75, 3.05) is 46.4 Å². The number of guanidine groups is 1. The maximum absolute atomic E-state index is 12.4. The molecular weight excluding hydrogens is 344 g/mol. The standard InChI is InChI=1S/C19H32N6O2/c1-15-5-4-8-24(12-15)18(26)6-7-21-19(20-2)25-9-10-27-17(14-25)16-11-22-23(3)13-16/h11,13,15,17H,4-10,12,14H2,1-3H3,(H,20,21). The van der Waals surface area contributed by atoms with Gasteiger partial charge in [0.25, 0.3) is 0 Å². The quantitative estimate of drug-likeness (QED) is 0.627. The molecule has 0 saturated carbocycles. The minimum absolute atomic E-state index is 0.0116. The van der Waals surface area contributed by atoms with Gasteiger partial charge in [0.05, 0.1) is 19.3 Å². The first-order chi connectivity index (χ1) is 13.1. The number of aryl methyl sites for hydroxylation is 1. The molecule has 3 rings (SSSR count). The van der Waals surface area contributed by atoms with Crippen molar-refractivity contribution in [2.24, 2.45) is 18.0 Å². The molecule has 0 spiro atoms. The number of carbonyl (C=O) groups is 1. The number of amides is 1. The summed E-state index contributed by atoms with van der Waals surface area (Å²) in [5.74, 6) is 1.67. The highest BCUT2D eigenvalue weighted by Crippen LogP contribution is 2.21. The van der Waals surface area contributed by atoms with Gasteiger partial charge in [-0.25, -0.2) is 0 Å². The van der Waals surface area contributed by atoms with E-state index in [0.717, 1.165) is 44.1 Å². The molecule has 0 aromatic carbocycles. The molecule has 1 aromatic heterocycles. The number of nitrogens with zero attached hydrogens (tertiary/aromatic N) is 5. The van der Waals surface area contributed by atoms with Gasteiger partial charge < -0.3 is 19.9 Å². The molecule has 150 valence electrons. The molecule has 8 nitrogen and oxygen atoms in total. The molecule has 2 aliphatic heterocycles. The second kappa shape index (κ2) is 9.21. The molecule has 0 radical (unpaired) electrons. The van der Waals surface area contributed by atoms with Gasteiger partial charge in [0.15, 0.2) is 5.96 Å². The van der Waals surface area contributed by atoms with Crippen LogP contribution in [0.25, 0.3) is 0 Å². The minimum atomic E-state index is -0.0116. The topological polar surface area (TPSA) is 75.0 Å². The Morgan fingerprint density at radius 2 is 2.22 bits per heavy atom. The van der Waals surface area contributed by atoms with Crippen LogP contribution in [0.3, 0.4) is 0 Å². The maximum atomic E-state index is 12.4. The van der Waals surface area contributed by atoms with Gasteiger partial charge in [0, 0.05) is 58.5 Å². The van der Waals surface area contributed by atoms with Crippen LogP contribution in [0.2, 0.25) is 0 Å². The Morgan fingerprint density at radius 1 is 1.37 bits per heavy atom. The van der Waals surface area contributed by atoms with Crippen LogP contribution in [0, 0.1) is 5.92 Å². The van der Waals surface area contributed by atoms with Gasteiger partial charge in [-0.05, 0) is 18.8 Å². The van der Waals surface area contributed by atoms with Crippen LogP contribution >= 0.6 is 0 Å². The van der Waals surface area contributed by atoms with E-state index in [1.807, 2.05) is 24.3 Å². The van der Waals surface area contributed by atoms with Gasteiger partial charge in [0.1, 0.15) is 6.10 Å². The molecule has 1 N–H and O–H groups in total. The fourth-order valence-corrected chi connectivity index (χ4v) is 3.84. The summed E-state index contributed by atoms with van der Waals surface area (Å²) >= 11 is 0. The van der Waals surface area contributed by atoms with Crippen LogP contribution in [0.15, 0.2) is 17.4 Å². The van der Waals surface area contributed by atoms with E-state index in [1.165, 1.54) is 6.42 Å². The first kappa shape index (κ1) is 19.7. The Bertz CT molecular complexity index is 658. The van der Waals surface area contributed by atoms with Crippen LogP contribution in [0.5, 0.6) is 0 Å². The number of carbonyl (C=O) groups excluding carboxylic acids is 1. The summed E-state index contributed by atoms with van der Waals surface area (Å²) in [6, 6.07) is 0. The van der Waals surface area contributed by atoms with E-state index < -0.39 is 0 Å². The highest BCUT2D eigenvalue weighted by molar-refractivity contribution is 5.81. The van der Waals surface area contributed by atoms with E-state index in [2.05, 4.69) is 27.2 Å². The van der Waals surface area contributed by atoms with E-state index in [1.54, 1.807) is 11.7 Å². The molecular formula is C19H32N6O2. The summed E-state index contributed by atoms with van der Waals surface area (Å²) in [7, 11) is 3.69. The number of hydrogen-bond donors (Lipinski definition) is 1. The number of aliphatic imine (C=N–C) groups is 1. The Labute approximate surface area is 161 Å². The Morgan fingerprint density at radius 3 is 2.93 bits per heavy atom. The van der Waals surface area contributed by atoms with Crippen molar-refractivity contribution in [3.63, 3.8) is 0 Å². The van der Waals surface area contributed by atoms with E-state index in [4.69, 9.17) is 4.74 Å². The summed E-state index contributed by atoms with van der Waals surface area (Å²) in [4.78, 5) is 21.0.